The van der Waals surface area contributed by atoms with Crippen molar-refractivity contribution in [3.8, 4) is 0 Å². The molecule has 0 spiro atoms. The predicted molar refractivity (Wildman–Crippen MR) is 75.6 cm³/mol. The maximum absolute atomic E-state index is 11.9. The Morgan fingerprint density at radius 2 is 2.26 bits per heavy atom. The maximum atomic E-state index is 11.9. The fraction of sp³-hybridized carbons (Fsp3) is 0.250. The van der Waals surface area contributed by atoms with Crippen molar-refractivity contribution >= 4 is 54.4 Å². The van der Waals surface area contributed by atoms with E-state index in [2.05, 4.69) is 20.0 Å². The van der Waals surface area contributed by atoms with E-state index in [4.69, 9.17) is 16.7 Å². The van der Waals surface area contributed by atoms with E-state index >= 15 is 0 Å². The smallest absolute Gasteiger partial charge is 0.291 e. The quantitative estimate of drug-likeness (QED) is 0.735. The van der Waals surface area contributed by atoms with E-state index in [0.717, 1.165) is 22.7 Å². The highest BCUT2D eigenvalue weighted by atomic mass is 35.5. The average Bonchev–Trinajstić information content (AvgIpc) is 2.96. The lowest BCUT2D eigenvalue weighted by Crippen LogP contribution is -2.12. The van der Waals surface area contributed by atoms with Gasteiger partial charge in [0.25, 0.3) is 10.0 Å². The first-order chi connectivity index (χ1) is 9.03. The highest BCUT2D eigenvalue weighted by Gasteiger charge is 2.20. The number of sulfonamides is 1. The lowest BCUT2D eigenvalue weighted by molar-refractivity contribution is 0.311. The molecule has 0 aliphatic heterocycles. The largest absolute Gasteiger partial charge is 0.395 e. The standard InChI is InChI=1S/C8H9ClN4O3S3/c9-5-6(10-1-3-14)18-7(12-5)13-19(15,16)8-11-2-4-17-8/h2,4,10,14H,1,3H2,(H,12,13). The van der Waals surface area contributed by atoms with Crippen LogP contribution in [0.5, 0.6) is 0 Å². The van der Waals surface area contributed by atoms with Gasteiger partial charge in [0, 0.05) is 18.1 Å². The molecule has 2 aromatic heterocycles. The van der Waals surface area contributed by atoms with Gasteiger partial charge >= 0.3 is 0 Å². The zero-order valence-corrected chi connectivity index (χ0v) is 12.5. The summed E-state index contributed by atoms with van der Waals surface area (Å²) in [5.74, 6) is 0. The number of thiazole rings is 2. The van der Waals surface area contributed by atoms with Crippen LogP contribution in [0.4, 0.5) is 10.1 Å². The molecule has 0 bridgehead atoms. The minimum Gasteiger partial charge on any atom is -0.395 e. The number of rotatable bonds is 6. The van der Waals surface area contributed by atoms with Crippen LogP contribution in [0.15, 0.2) is 15.9 Å². The van der Waals surface area contributed by atoms with Crippen LogP contribution >= 0.6 is 34.3 Å². The van der Waals surface area contributed by atoms with E-state index in [9.17, 15) is 8.42 Å². The van der Waals surface area contributed by atoms with Gasteiger partial charge in [-0.05, 0) is 0 Å². The summed E-state index contributed by atoms with van der Waals surface area (Å²) in [6.45, 7) is 0.245. The number of nitrogens with zero attached hydrogens (tertiary/aromatic N) is 2. The van der Waals surface area contributed by atoms with Crippen molar-refractivity contribution in [2.45, 2.75) is 4.34 Å². The number of hydrogen-bond acceptors (Lipinski definition) is 8. The monoisotopic (exact) mass is 340 g/mol. The third-order valence-corrected chi connectivity index (χ3v) is 5.83. The van der Waals surface area contributed by atoms with Crippen LogP contribution in [0.2, 0.25) is 5.15 Å². The number of aromatic nitrogens is 2. The van der Waals surface area contributed by atoms with Crippen LogP contribution in [-0.2, 0) is 10.0 Å². The van der Waals surface area contributed by atoms with Gasteiger partial charge in [-0.3, -0.25) is 4.72 Å². The molecule has 19 heavy (non-hydrogen) atoms. The van der Waals surface area contributed by atoms with Crippen molar-refractivity contribution in [3.05, 3.63) is 16.7 Å². The van der Waals surface area contributed by atoms with Crippen LogP contribution in [0, 0.1) is 0 Å². The molecule has 104 valence electrons. The first-order valence-corrected chi connectivity index (χ1v) is 8.52. The van der Waals surface area contributed by atoms with Crippen LogP contribution < -0.4 is 10.0 Å². The van der Waals surface area contributed by atoms with Crippen molar-refractivity contribution in [1.29, 1.82) is 0 Å². The first-order valence-electron chi connectivity index (χ1n) is 4.96. The van der Waals surface area contributed by atoms with Crippen LogP contribution in [0.25, 0.3) is 0 Å². The summed E-state index contributed by atoms with van der Waals surface area (Å²) >= 11 is 7.89. The fourth-order valence-electron chi connectivity index (χ4n) is 1.13. The van der Waals surface area contributed by atoms with Gasteiger partial charge in [0.2, 0.25) is 4.34 Å². The second kappa shape index (κ2) is 6.01. The minimum absolute atomic E-state index is 0.0383. The van der Waals surface area contributed by atoms with E-state index < -0.39 is 10.0 Å². The zero-order chi connectivity index (χ0) is 13.9. The van der Waals surface area contributed by atoms with Gasteiger partial charge in [-0.1, -0.05) is 22.9 Å². The van der Waals surface area contributed by atoms with Gasteiger partial charge in [0.15, 0.2) is 10.3 Å². The summed E-state index contributed by atoms with van der Waals surface area (Å²) < 4.78 is 26.1. The van der Waals surface area contributed by atoms with Crippen molar-refractivity contribution in [1.82, 2.24) is 9.97 Å². The zero-order valence-electron chi connectivity index (χ0n) is 9.33. The van der Waals surface area contributed by atoms with E-state index in [1.54, 1.807) is 5.38 Å². The number of anilines is 2. The maximum Gasteiger partial charge on any atom is 0.291 e. The predicted octanol–water partition coefficient (Wildman–Crippen LogP) is 1.46. The summed E-state index contributed by atoms with van der Waals surface area (Å²) in [7, 11) is -3.72. The van der Waals surface area contributed by atoms with Gasteiger partial charge in [-0.2, -0.15) is 8.42 Å². The molecule has 2 aromatic rings. The molecule has 0 atom stereocenters. The first kappa shape index (κ1) is 14.5. The van der Waals surface area contributed by atoms with Crippen molar-refractivity contribution < 1.29 is 13.5 Å². The summed E-state index contributed by atoms with van der Waals surface area (Å²) in [5.41, 5.74) is 0. The number of halogens is 1. The molecule has 0 aliphatic carbocycles. The average molecular weight is 341 g/mol. The Morgan fingerprint density at radius 3 is 2.89 bits per heavy atom. The van der Waals surface area contributed by atoms with E-state index in [0.29, 0.717) is 11.5 Å². The highest BCUT2D eigenvalue weighted by Crippen LogP contribution is 2.33. The van der Waals surface area contributed by atoms with Crippen LogP contribution in [0.1, 0.15) is 0 Å². The van der Waals surface area contributed by atoms with E-state index in [-0.39, 0.29) is 21.2 Å². The number of aliphatic hydroxyl groups is 1. The Bertz CT molecular complexity index is 640. The molecular formula is C8H9ClN4O3S3. The molecule has 2 rings (SSSR count). The molecule has 0 fully saturated rings. The Labute approximate surface area is 122 Å². The molecule has 0 radical (unpaired) electrons. The molecule has 0 saturated carbocycles. The number of hydrogen-bond donors (Lipinski definition) is 3. The number of aliphatic hydroxyl groups excluding tert-OH is 1. The molecule has 2 heterocycles. The lowest BCUT2D eigenvalue weighted by atomic mass is 10.7. The number of nitrogens with one attached hydrogen (secondary N) is 2. The minimum atomic E-state index is -3.72. The Balaban J connectivity index is 2.16. The highest BCUT2D eigenvalue weighted by molar-refractivity contribution is 7.94. The Hall–Kier alpha value is -0.940. The lowest BCUT2D eigenvalue weighted by Gasteiger charge is -2.00. The molecule has 0 unspecified atom stereocenters. The fourth-order valence-corrected chi connectivity index (χ4v) is 4.29. The topological polar surface area (TPSA) is 104 Å². The van der Waals surface area contributed by atoms with Gasteiger partial charge in [0.05, 0.1) is 6.61 Å². The second-order valence-electron chi connectivity index (χ2n) is 3.19. The molecule has 3 N–H and O–H groups in total. The summed E-state index contributed by atoms with van der Waals surface area (Å²) in [6, 6.07) is 0. The molecule has 0 aliphatic rings. The molecule has 0 aromatic carbocycles. The van der Waals surface area contributed by atoms with Gasteiger partial charge in [-0.15, -0.1) is 11.3 Å². The summed E-state index contributed by atoms with van der Waals surface area (Å²) in [4.78, 5) is 7.61. The van der Waals surface area contributed by atoms with E-state index in [1.807, 2.05) is 0 Å². The third-order valence-electron chi connectivity index (χ3n) is 1.84. The van der Waals surface area contributed by atoms with Gasteiger partial charge in [0.1, 0.15) is 5.00 Å². The SMILES string of the molecule is O=S(=O)(Nc1nc(Cl)c(NCCO)s1)c1nccs1. The summed E-state index contributed by atoms with van der Waals surface area (Å²) in [5, 5.41) is 13.9. The van der Waals surface area contributed by atoms with Crippen molar-refractivity contribution in [2.75, 3.05) is 23.2 Å². The van der Waals surface area contributed by atoms with Crippen LogP contribution in [0.3, 0.4) is 0 Å². The molecule has 0 saturated heterocycles. The van der Waals surface area contributed by atoms with Crippen molar-refractivity contribution in [2.24, 2.45) is 0 Å². The molecular weight excluding hydrogens is 332 g/mol. The van der Waals surface area contributed by atoms with Gasteiger partial charge in [-0.25, -0.2) is 9.97 Å². The third kappa shape index (κ3) is 3.54. The molecule has 7 nitrogen and oxygen atoms in total. The van der Waals surface area contributed by atoms with Crippen molar-refractivity contribution in [3.63, 3.8) is 0 Å². The van der Waals surface area contributed by atoms with E-state index in [1.165, 1.54) is 6.20 Å². The second-order valence-corrected chi connectivity index (χ2v) is 7.30. The molecule has 11 heteroatoms. The summed E-state index contributed by atoms with van der Waals surface area (Å²) in [6.07, 6.45) is 1.41. The van der Waals surface area contributed by atoms with Gasteiger partial charge < -0.3 is 10.4 Å². The molecule has 0 amide bonds. The Morgan fingerprint density at radius 1 is 1.47 bits per heavy atom. The normalized spacial score (nSPS) is 11.5. The Kier molecular flexibility index (Phi) is 4.58. The van der Waals surface area contributed by atoms with Crippen LogP contribution in [-0.4, -0.2) is 36.6 Å².